The summed E-state index contributed by atoms with van der Waals surface area (Å²) in [6.45, 7) is 0. The smallest absolute Gasteiger partial charge is 0.135 e. The minimum Gasteiger partial charge on any atom is -0.362 e. The Balaban J connectivity index is 2.53. The van der Waals surface area contributed by atoms with Crippen LogP contribution in [0.3, 0.4) is 0 Å². The van der Waals surface area contributed by atoms with E-state index in [9.17, 15) is 0 Å². The molecule has 0 N–H and O–H groups in total. The molecule has 0 fully saturated rings. The molecule has 0 saturated carbocycles. The molecule has 15 heavy (non-hydrogen) atoms. The lowest BCUT2D eigenvalue weighted by Gasteiger charge is -2.15. The molecule has 0 spiro atoms. The first-order chi connectivity index (χ1) is 7.29. The molecule has 0 atom stereocenters. The molecule has 0 aromatic carbocycles. The van der Waals surface area contributed by atoms with Crippen LogP contribution < -0.4 is 4.90 Å². The molecule has 0 aliphatic heterocycles. The van der Waals surface area contributed by atoms with Gasteiger partial charge in [-0.25, -0.2) is 4.98 Å². The van der Waals surface area contributed by atoms with Crippen LogP contribution in [0.1, 0.15) is 0 Å². The van der Waals surface area contributed by atoms with Gasteiger partial charge in [0, 0.05) is 44.3 Å². The third-order valence-corrected chi connectivity index (χ3v) is 2.14. The summed E-state index contributed by atoms with van der Waals surface area (Å²) in [5, 5.41) is 0. The average Bonchev–Trinajstić information content (AvgIpc) is 2.30. The van der Waals surface area contributed by atoms with Crippen molar-refractivity contribution in [3.8, 4) is 11.1 Å². The molecule has 75 valence electrons. The van der Waals surface area contributed by atoms with Crippen LogP contribution in [0.2, 0.25) is 0 Å². The summed E-state index contributed by atoms with van der Waals surface area (Å²) in [7, 11) is 3.96. The predicted molar refractivity (Wildman–Crippen MR) is 60.6 cm³/mol. The number of nitrogens with zero attached hydrogens (tertiary/aromatic N) is 3. The second-order valence-corrected chi connectivity index (χ2v) is 3.44. The van der Waals surface area contributed by atoms with Crippen LogP contribution in [0.15, 0.2) is 36.8 Å². The highest BCUT2D eigenvalue weighted by atomic mass is 15.1. The van der Waals surface area contributed by atoms with Crippen LogP contribution in [0.25, 0.3) is 11.1 Å². The lowest BCUT2D eigenvalue weighted by Crippen LogP contribution is -2.11. The van der Waals surface area contributed by atoms with Crippen LogP contribution in [-0.4, -0.2) is 24.1 Å². The minimum atomic E-state index is 0.944. The third kappa shape index (κ3) is 1.96. The van der Waals surface area contributed by atoms with E-state index in [1.165, 1.54) is 0 Å². The second-order valence-electron chi connectivity index (χ2n) is 3.44. The Bertz CT molecular complexity index is 438. The van der Waals surface area contributed by atoms with E-state index in [1.54, 1.807) is 18.6 Å². The molecule has 0 aliphatic carbocycles. The number of hydrogen-bond acceptors (Lipinski definition) is 3. The predicted octanol–water partition coefficient (Wildman–Crippen LogP) is 2.01. The van der Waals surface area contributed by atoms with Crippen LogP contribution in [-0.2, 0) is 0 Å². The fourth-order valence-electron chi connectivity index (χ4n) is 1.45. The Morgan fingerprint density at radius 1 is 1.20 bits per heavy atom. The maximum Gasteiger partial charge on any atom is 0.135 e. The summed E-state index contributed by atoms with van der Waals surface area (Å²) in [6.07, 6.45) is 5.24. The first kappa shape index (κ1) is 9.65. The number of pyridine rings is 2. The van der Waals surface area contributed by atoms with Gasteiger partial charge in [0.15, 0.2) is 0 Å². The molecule has 0 amide bonds. The van der Waals surface area contributed by atoms with Gasteiger partial charge < -0.3 is 4.90 Å². The zero-order valence-corrected chi connectivity index (χ0v) is 8.81. The van der Waals surface area contributed by atoms with Gasteiger partial charge in [0.25, 0.3) is 0 Å². The van der Waals surface area contributed by atoms with Crippen LogP contribution >= 0.6 is 0 Å². The standard InChI is InChI=1S/C12H12N3/c1-15(2)12-11(4-3-7-14-12)10-5-8-13-9-6-10/h4-9H,1-2H3. The lowest BCUT2D eigenvalue weighted by molar-refractivity contribution is 1.07. The molecule has 2 rings (SSSR count). The fraction of sp³-hybridized carbons (Fsp3) is 0.167. The molecule has 2 aromatic rings. The molecule has 1 radical (unpaired) electrons. The van der Waals surface area contributed by atoms with Crippen molar-refractivity contribution in [1.29, 1.82) is 0 Å². The zero-order chi connectivity index (χ0) is 10.7. The van der Waals surface area contributed by atoms with Gasteiger partial charge in [0.05, 0.1) is 0 Å². The molecule has 3 nitrogen and oxygen atoms in total. The first-order valence-electron chi connectivity index (χ1n) is 4.73. The maximum absolute atomic E-state index is 4.30. The summed E-state index contributed by atoms with van der Waals surface area (Å²) >= 11 is 0. The Kier molecular flexibility index (Phi) is 2.63. The van der Waals surface area contributed by atoms with Crippen LogP contribution in [0.4, 0.5) is 5.82 Å². The monoisotopic (exact) mass is 198 g/mol. The van der Waals surface area contributed by atoms with Crippen molar-refractivity contribution in [1.82, 2.24) is 9.97 Å². The highest BCUT2D eigenvalue weighted by Gasteiger charge is 2.06. The molecule has 3 heteroatoms. The normalized spacial score (nSPS) is 10.0. The highest BCUT2D eigenvalue weighted by molar-refractivity contribution is 5.74. The summed E-state index contributed by atoms with van der Waals surface area (Å²) in [4.78, 5) is 10.3. The summed E-state index contributed by atoms with van der Waals surface area (Å²) in [5.74, 6) is 0.944. The van der Waals surface area contributed by atoms with Gasteiger partial charge in [-0.1, -0.05) is 0 Å². The number of aromatic nitrogens is 2. The summed E-state index contributed by atoms with van der Waals surface area (Å²) in [5.41, 5.74) is 2.18. The van der Waals surface area contributed by atoms with Crippen molar-refractivity contribution in [3.63, 3.8) is 0 Å². The Labute approximate surface area is 89.4 Å². The highest BCUT2D eigenvalue weighted by Crippen LogP contribution is 2.26. The molecule has 0 saturated heterocycles. The van der Waals surface area contributed by atoms with Gasteiger partial charge in [0.2, 0.25) is 0 Å². The third-order valence-electron chi connectivity index (χ3n) is 2.14. The topological polar surface area (TPSA) is 29.0 Å². The molecule has 2 heterocycles. The van der Waals surface area contributed by atoms with Crippen molar-refractivity contribution >= 4 is 5.82 Å². The summed E-state index contributed by atoms with van der Waals surface area (Å²) in [6, 6.07) is 8.88. The zero-order valence-electron chi connectivity index (χ0n) is 8.81. The molecule has 0 aliphatic rings. The van der Waals surface area contributed by atoms with Crippen molar-refractivity contribution in [3.05, 3.63) is 42.9 Å². The van der Waals surface area contributed by atoms with Gasteiger partial charge >= 0.3 is 0 Å². The molecular formula is C12H12N3. The average molecular weight is 198 g/mol. The minimum absolute atomic E-state index is 0.944. The van der Waals surface area contributed by atoms with E-state index in [1.807, 2.05) is 37.2 Å². The van der Waals surface area contributed by atoms with E-state index >= 15 is 0 Å². The SMILES string of the molecule is CN(C)c1nc[c]cc1-c1ccncc1. The van der Waals surface area contributed by atoms with Gasteiger partial charge in [-0.15, -0.1) is 0 Å². The Hall–Kier alpha value is -1.90. The Morgan fingerprint density at radius 2 is 1.93 bits per heavy atom. The molecular weight excluding hydrogens is 186 g/mol. The maximum atomic E-state index is 4.30. The van der Waals surface area contributed by atoms with Crippen molar-refractivity contribution < 1.29 is 0 Å². The van der Waals surface area contributed by atoms with E-state index in [4.69, 9.17) is 0 Å². The van der Waals surface area contributed by atoms with Crippen LogP contribution in [0.5, 0.6) is 0 Å². The number of rotatable bonds is 2. The van der Waals surface area contributed by atoms with E-state index in [0.29, 0.717) is 0 Å². The van der Waals surface area contributed by atoms with Gasteiger partial charge in [-0.2, -0.15) is 0 Å². The van der Waals surface area contributed by atoms with E-state index in [-0.39, 0.29) is 0 Å². The number of hydrogen-bond donors (Lipinski definition) is 0. The number of anilines is 1. The first-order valence-corrected chi connectivity index (χ1v) is 4.73. The molecule has 2 aromatic heterocycles. The van der Waals surface area contributed by atoms with Crippen molar-refractivity contribution in [2.75, 3.05) is 19.0 Å². The Morgan fingerprint density at radius 3 is 2.60 bits per heavy atom. The van der Waals surface area contributed by atoms with Gasteiger partial charge in [-0.05, 0) is 23.8 Å². The van der Waals surface area contributed by atoms with Gasteiger partial charge in [-0.3, -0.25) is 4.98 Å². The lowest BCUT2D eigenvalue weighted by atomic mass is 10.1. The van der Waals surface area contributed by atoms with Crippen molar-refractivity contribution in [2.24, 2.45) is 0 Å². The quantitative estimate of drug-likeness (QED) is 0.739. The van der Waals surface area contributed by atoms with Crippen LogP contribution in [0, 0.1) is 6.07 Å². The molecule has 0 unspecified atom stereocenters. The fourth-order valence-corrected chi connectivity index (χ4v) is 1.45. The van der Waals surface area contributed by atoms with Crippen molar-refractivity contribution in [2.45, 2.75) is 0 Å². The van der Waals surface area contributed by atoms with E-state index in [0.717, 1.165) is 16.9 Å². The van der Waals surface area contributed by atoms with Gasteiger partial charge in [0.1, 0.15) is 5.82 Å². The molecule has 0 bridgehead atoms. The second kappa shape index (κ2) is 4.09. The largest absolute Gasteiger partial charge is 0.362 e. The van der Waals surface area contributed by atoms with E-state index in [2.05, 4.69) is 16.0 Å². The van der Waals surface area contributed by atoms with E-state index < -0.39 is 0 Å². The summed E-state index contributed by atoms with van der Waals surface area (Å²) < 4.78 is 0.